The summed E-state index contributed by atoms with van der Waals surface area (Å²) in [6.07, 6.45) is 3.91. The van der Waals surface area contributed by atoms with Crippen LogP contribution in [0, 0.1) is 12.8 Å². The van der Waals surface area contributed by atoms with Gasteiger partial charge in [0.1, 0.15) is 5.60 Å². The molecule has 0 saturated heterocycles. The Morgan fingerprint density at radius 3 is 2.52 bits per heavy atom. The Morgan fingerprint density at radius 2 is 2.00 bits per heavy atom. The van der Waals surface area contributed by atoms with Crippen molar-refractivity contribution in [3.05, 3.63) is 29.6 Å². The highest BCUT2D eigenvalue weighted by atomic mass is 16.6. The van der Waals surface area contributed by atoms with Gasteiger partial charge in [-0.15, -0.1) is 0 Å². The van der Waals surface area contributed by atoms with E-state index in [4.69, 9.17) is 4.74 Å². The van der Waals surface area contributed by atoms with Crippen molar-refractivity contribution in [2.24, 2.45) is 5.92 Å². The van der Waals surface area contributed by atoms with Crippen molar-refractivity contribution in [1.29, 1.82) is 0 Å². The molecular weight excluding hydrogens is 290 g/mol. The second-order valence-electron chi connectivity index (χ2n) is 7.73. The predicted molar refractivity (Wildman–Crippen MR) is 91.2 cm³/mol. The fraction of sp³-hybridized carbons (Fsp3) is 0.667. The van der Waals surface area contributed by atoms with Crippen LogP contribution in [0.5, 0.6) is 0 Å². The van der Waals surface area contributed by atoms with E-state index in [9.17, 15) is 4.79 Å². The minimum Gasteiger partial charge on any atom is -0.444 e. The molecule has 1 saturated carbocycles. The number of hydrogen-bond donors (Lipinski definition) is 2. The standard InChI is InChI=1S/C18H29N3O2/c1-13-6-9-15(19-10-13)11-21-18(5,14-7-8-14)12-20-16(22)23-17(2,3)4/h6,9-10,14,21H,7-8,11-12H2,1-5H3,(H,20,22). The van der Waals surface area contributed by atoms with Crippen molar-refractivity contribution in [1.82, 2.24) is 15.6 Å². The van der Waals surface area contributed by atoms with E-state index in [1.165, 1.54) is 12.8 Å². The van der Waals surface area contributed by atoms with Crippen molar-refractivity contribution in [3.63, 3.8) is 0 Å². The second kappa shape index (κ2) is 6.87. The predicted octanol–water partition coefficient (Wildman–Crippen LogP) is 3.17. The Bertz CT molecular complexity index is 532. The molecule has 0 aromatic carbocycles. The molecule has 0 spiro atoms. The summed E-state index contributed by atoms with van der Waals surface area (Å²) in [6.45, 7) is 11.1. The molecule has 0 bridgehead atoms. The third-order valence-corrected chi connectivity index (χ3v) is 4.12. The molecule has 1 aromatic rings. The minimum absolute atomic E-state index is 0.135. The van der Waals surface area contributed by atoms with Crippen LogP contribution in [0.1, 0.15) is 51.8 Å². The van der Waals surface area contributed by atoms with Crippen LogP contribution in [0.3, 0.4) is 0 Å². The van der Waals surface area contributed by atoms with Gasteiger partial charge in [0, 0.05) is 24.8 Å². The fourth-order valence-corrected chi connectivity index (χ4v) is 2.54. The molecule has 128 valence electrons. The molecule has 1 aliphatic rings. The molecule has 1 heterocycles. The first-order valence-corrected chi connectivity index (χ1v) is 8.31. The molecule has 0 radical (unpaired) electrons. The summed E-state index contributed by atoms with van der Waals surface area (Å²) in [5.41, 5.74) is 1.56. The molecule has 2 N–H and O–H groups in total. The number of carbonyl (C=O) groups is 1. The van der Waals surface area contributed by atoms with E-state index >= 15 is 0 Å². The van der Waals surface area contributed by atoms with Crippen molar-refractivity contribution < 1.29 is 9.53 Å². The SMILES string of the molecule is Cc1ccc(CNC(C)(CNC(=O)OC(C)(C)C)C2CC2)nc1. The molecule has 2 rings (SSSR count). The number of amides is 1. The Balaban J connectivity index is 1.88. The highest BCUT2D eigenvalue weighted by molar-refractivity contribution is 5.67. The number of nitrogens with zero attached hydrogens (tertiary/aromatic N) is 1. The number of nitrogens with one attached hydrogen (secondary N) is 2. The average Bonchev–Trinajstić information content (AvgIpc) is 3.28. The first-order valence-electron chi connectivity index (χ1n) is 8.31. The zero-order chi connectivity index (χ0) is 17.1. The number of carbonyl (C=O) groups excluding carboxylic acids is 1. The molecule has 1 aliphatic carbocycles. The van der Waals surface area contributed by atoms with Gasteiger partial charge >= 0.3 is 6.09 Å². The van der Waals surface area contributed by atoms with Gasteiger partial charge in [0.2, 0.25) is 0 Å². The molecule has 1 atom stereocenters. The largest absolute Gasteiger partial charge is 0.444 e. The van der Waals surface area contributed by atoms with Crippen LogP contribution < -0.4 is 10.6 Å². The molecule has 5 nitrogen and oxygen atoms in total. The fourth-order valence-electron chi connectivity index (χ4n) is 2.54. The zero-order valence-corrected chi connectivity index (χ0v) is 14.9. The summed E-state index contributed by atoms with van der Waals surface area (Å²) in [6, 6.07) is 4.11. The molecule has 1 unspecified atom stereocenters. The minimum atomic E-state index is -0.473. The summed E-state index contributed by atoms with van der Waals surface area (Å²) in [4.78, 5) is 16.3. The zero-order valence-electron chi connectivity index (χ0n) is 14.9. The Labute approximate surface area is 139 Å². The highest BCUT2D eigenvalue weighted by Gasteiger charge is 2.41. The molecule has 1 fully saturated rings. The number of rotatable bonds is 6. The molecule has 1 amide bonds. The van der Waals surface area contributed by atoms with Gasteiger partial charge in [-0.25, -0.2) is 4.79 Å². The monoisotopic (exact) mass is 319 g/mol. The van der Waals surface area contributed by atoms with E-state index < -0.39 is 5.60 Å². The Morgan fingerprint density at radius 1 is 1.30 bits per heavy atom. The van der Waals surface area contributed by atoms with Crippen LogP contribution in [-0.2, 0) is 11.3 Å². The maximum Gasteiger partial charge on any atom is 0.407 e. The molecule has 23 heavy (non-hydrogen) atoms. The van der Waals surface area contributed by atoms with Crippen molar-refractivity contribution in [2.45, 2.75) is 65.1 Å². The van der Waals surface area contributed by atoms with Crippen LogP contribution in [0.2, 0.25) is 0 Å². The topological polar surface area (TPSA) is 63.2 Å². The van der Waals surface area contributed by atoms with Crippen molar-refractivity contribution in [2.75, 3.05) is 6.54 Å². The van der Waals surface area contributed by atoms with Crippen molar-refractivity contribution in [3.8, 4) is 0 Å². The van der Waals surface area contributed by atoms with Gasteiger partial charge in [0.15, 0.2) is 0 Å². The van der Waals surface area contributed by atoms with Gasteiger partial charge in [-0.1, -0.05) is 6.07 Å². The highest BCUT2D eigenvalue weighted by Crippen LogP contribution is 2.39. The molecular formula is C18H29N3O2. The summed E-state index contributed by atoms with van der Waals surface area (Å²) in [7, 11) is 0. The number of hydrogen-bond acceptors (Lipinski definition) is 4. The van der Waals surface area contributed by atoms with Crippen LogP contribution in [0.15, 0.2) is 18.3 Å². The number of pyridine rings is 1. The lowest BCUT2D eigenvalue weighted by Gasteiger charge is -2.32. The maximum atomic E-state index is 11.9. The maximum absolute atomic E-state index is 11.9. The van der Waals surface area contributed by atoms with E-state index in [0.717, 1.165) is 11.3 Å². The molecule has 0 aliphatic heterocycles. The first-order chi connectivity index (χ1) is 10.7. The van der Waals surface area contributed by atoms with Gasteiger partial charge in [0.25, 0.3) is 0 Å². The lowest BCUT2D eigenvalue weighted by molar-refractivity contribution is 0.0507. The normalized spacial score (nSPS) is 17.4. The third-order valence-electron chi connectivity index (χ3n) is 4.12. The molecule has 1 aromatic heterocycles. The quantitative estimate of drug-likeness (QED) is 0.845. The van der Waals surface area contributed by atoms with Crippen LogP contribution in [0.25, 0.3) is 0 Å². The lowest BCUT2D eigenvalue weighted by atomic mass is 9.95. The van der Waals surface area contributed by atoms with E-state index in [-0.39, 0.29) is 11.6 Å². The third kappa shape index (κ3) is 5.82. The van der Waals surface area contributed by atoms with Gasteiger partial charge in [-0.2, -0.15) is 0 Å². The number of aryl methyl sites for hydroxylation is 1. The lowest BCUT2D eigenvalue weighted by Crippen LogP contribution is -2.53. The van der Waals surface area contributed by atoms with E-state index in [1.807, 2.05) is 40.0 Å². The van der Waals surface area contributed by atoms with Crippen LogP contribution in [0.4, 0.5) is 4.79 Å². The van der Waals surface area contributed by atoms with Gasteiger partial charge < -0.3 is 15.4 Å². The smallest absolute Gasteiger partial charge is 0.407 e. The van der Waals surface area contributed by atoms with Crippen molar-refractivity contribution >= 4 is 6.09 Å². The second-order valence-corrected chi connectivity index (χ2v) is 7.73. The summed E-state index contributed by atoms with van der Waals surface area (Å²) in [5, 5.41) is 6.48. The van der Waals surface area contributed by atoms with E-state index in [0.29, 0.717) is 19.0 Å². The van der Waals surface area contributed by atoms with Gasteiger partial charge in [0.05, 0.1) is 5.69 Å². The van der Waals surface area contributed by atoms with E-state index in [2.05, 4.69) is 28.6 Å². The van der Waals surface area contributed by atoms with Gasteiger partial charge in [-0.3, -0.25) is 4.98 Å². The van der Waals surface area contributed by atoms with Gasteiger partial charge in [-0.05, 0) is 65.0 Å². The number of ether oxygens (including phenoxy) is 1. The van der Waals surface area contributed by atoms with E-state index in [1.54, 1.807) is 0 Å². The number of alkyl carbamates (subject to hydrolysis) is 1. The number of aromatic nitrogens is 1. The first kappa shape index (κ1) is 17.7. The summed E-state index contributed by atoms with van der Waals surface area (Å²) in [5.74, 6) is 0.586. The summed E-state index contributed by atoms with van der Waals surface area (Å²) >= 11 is 0. The average molecular weight is 319 g/mol. The molecule has 5 heteroatoms. The van der Waals surface area contributed by atoms with Crippen LogP contribution in [-0.4, -0.2) is 28.8 Å². The summed E-state index contributed by atoms with van der Waals surface area (Å²) < 4.78 is 5.32. The Kier molecular flexibility index (Phi) is 5.30. The van der Waals surface area contributed by atoms with Crippen LogP contribution >= 0.6 is 0 Å². The Hall–Kier alpha value is -1.62.